The van der Waals surface area contributed by atoms with E-state index in [1.54, 1.807) is 18.2 Å². The van der Waals surface area contributed by atoms with E-state index in [4.69, 9.17) is 16.7 Å². The molecular weight excluding hydrogens is 280 g/mol. The molecule has 0 aromatic heterocycles. The average molecular weight is 299 g/mol. The maximum atomic E-state index is 10.5. The first-order valence-electron chi connectivity index (χ1n) is 6.69. The number of nitrogens with zero attached hydrogens (tertiary/aromatic N) is 2. The summed E-state index contributed by atoms with van der Waals surface area (Å²) in [5.41, 5.74) is 0.758. The van der Waals surface area contributed by atoms with Crippen LogP contribution in [0.15, 0.2) is 18.2 Å². The number of phenolic OH excluding ortho intramolecular Hbond substituents is 1. The highest BCUT2D eigenvalue weighted by Crippen LogP contribution is 2.26. The predicted octanol–water partition coefficient (Wildman–Crippen LogP) is 1.64. The van der Waals surface area contributed by atoms with E-state index in [0.717, 1.165) is 31.7 Å². The van der Waals surface area contributed by atoms with Gasteiger partial charge in [-0.15, -0.1) is 0 Å². The lowest BCUT2D eigenvalue weighted by atomic mass is 10.1. The fourth-order valence-electron chi connectivity index (χ4n) is 2.35. The second kappa shape index (κ2) is 6.92. The van der Waals surface area contributed by atoms with Gasteiger partial charge in [0.25, 0.3) is 0 Å². The molecule has 1 saturated heterocycles. The van der Waals surface area contributed by atoms with Crippen LogP contribution in [0.1, 0.15) is 12.0 Å². The highest BCUT2D eigenvalue weighted by Gasteiger charge is 2.19. The first-order chi connectivity index (χ1) is 9.56. The Bertz CT molecular complexity index is 453. The first kappa shape index (κ1) is 15.1. The number of carbonyl (C=O) groups is 1. The smallest absolute Gasteiger partial charge is 0.304 e. The fourth-order valence-corrected chi connectivity index (χ4v) is 2.58. The van der Waals surface area contributed by atoms with E-state index in [0.29, 0.717) is 18.1 Å². The van der Waals surface area contributed by atoms with Crippen molar-refractivity contribution in [1.82, 2.24) is 9.80 Å². The Balaban J connectivity index is 1.84. The summed E-state index contributed by atoms with van der Waals surface area (Å²) in [5, 5.41) is 19.1. The van der Waals surface area contributed by atoms with Crippen LogP contribution in [-0.4, -0.2) is 58.7 Å². The summed E-state index contributed by atoms with van der Waals surface area (Å²) in [7, 11) is 0. The van der Waals surface area contributed by atoms with Crippen LogP contribution in [0.5, 0.6) is 5.75 Å². The molecule has 0 unspecified atom stereocenters. The molecule has 110 valence electrons. The third kappa shape index (κ3) is 4.10. The maximum Gasteiger partial charge on any atom is 0.304 e. The van der Waals surface area contributed by atoms with Gasteiger partial charge in [-0.3, -0.25) is 9.69 Å². The van der Waals surface area contributed by atoms with Crippen molar-refractivity contribution in [3.05, 3.63) is 28.8 Å². The number of carboxylic acid groups (broad SMARTS) is 1. The van der Waals surface area contributed by atoms with Crippen molar-refractivity contribution < 1.29 is 15.0 Å². The zero-order valence-electron chi connectivity index (χ0n) is 11.3. The summed E-state index contributed by atoms with van der Waals surface area (Å²) < 4.78 is 0. The molecule has 0 amide bonds. The van der Waals surface area contributed by atoms with Crippen molar-refractivity contribution >= 4 is 17.6 Å². The van der Waals surface area contributed by atoms with Gasteiger partial charge >= 0.3 is 5.97 Å². The quantitative estimate of drug-likeness (QED) is 0.865. The van der Waals surface area contributed by atoms with Gasteiger partial charge in [0.05, 0.1) is 6.42 Å². The van der Waals surface area contributed by atoms with Gasteiger partial charge in [0.1, 0.15) is 5.75 Å². The van der Waals surface area contributed by atoms with Crippen LogP contribution >= 0.6 is 11.6 Å². The lowest BCUT2D eigenvalue weighted by molar-refractivity contribution is -0.137. The number of carboxylic acids is 1. The minimum atomic E-state index is -0.756. The number of phenols is 1. The van der Waals surface area contributed by atoms with E-state index >= 15 is 0 Å². The van der Waals surface area contributed by atoms with E-state index < -0.39 is 5.97 Å². The Morgan fingerprint density at radius 1 is 1.20 bits per heavy atom. The Morgan fingerprint density at radius 3 is 2.45 bits per heavy atom. The van der Waals surface area contributed by atoms with Crippen molar-refractivity contribution in [2.24, 2.45) is 0 Å². The number of rotatable bonds is 5. The molecule has 0 radical (unpaired) electrons. The van der Waals surface area contributed by atoms with Crippen LogP contribution < -0.4 is 0 Å². The number of halogens is 1. The van der Waals surface area contributed by atoms with Crippen LogP contribution in [-0.2, 0) is 11.3 Å². The summed E-state index contributed by atoms with van der Waals surface area (Å²) in [6, 6.07) is 5.15. The van der Waals surface area contributed by atoms with Crippen molar-refractivity contribution in [1.29, 1.82) is 0 Å². The highest BCUT2D eigenvalue weighted by atomic mass is 35.5. The van der Waals surface area contributed by atoms with Crippen LogP contribution in [0, 0.1) is 0 Å². The Kier molecular flexibility index (Phi) is 5.23. The van der Waals surface area contributed by atoms with Gasteiger partial charge in [-0.25, -0.2) is 0 Å². The van der Waals surface area contributed by atoms with Crippen LogP contribution in [0.3, 0.4) is 0 Å². The molecule has 1 heterocycles. The van der Waals surface area contributed by atoms with Crippen LogP contribution in [0.25, 0.3) is 0 Å². The zero-order valence-corrected chi connectivity index (χ0v) is 12.0. The number of hydrogen-bond acceptors (Lipinski definition) is 4. The molecule has 1 aromatic rings. The van der Waals surface area contributed by atoms with Crippen molar-refractivity contribution in [3.8, 4) is 5.75 Å². The van der Waals surface area contributed by atoms with Crippen molar-refractivity contribution in [3.63, 3.8) is 0 Å². The lowest BCUT2D eigenvalue weighted by Crippen LogP contribution is -2.46. The molecule has 1 aliphatic heterocycles. The van der Waals surface area contributed by atoms with E-state index in [1.165, 1.54) is 0 Å². The number of aliphatic carboxylic acids is 1. The van der Waals surface area contributed by atoms with E-state index in [-0.39, 0.29) is 12.2 Å². The minimum absolute atomic E-state index is 0.186. The molecule has 0 atom stereocenters. The summed E-state index contributed by atoms with van der Waals surface area (Å²) in [4.78, 5) is 14.9. The molecule has 0 spiro atoms. The van der Waals surface area contributed by atoms with Crippen LogP contribution in [0.4, 0.5) is 0 Å². The molecule has 1 fully saturated rings. The van der Waals surface area contributed by atoms with Gasteiger partial charge < -0.3 is 15.1 Å². The van der Waals surface area contributed by atoms with E-state index in [9.17, 15) is 9.90 Å². The third-order valence-corrected chi connectivity index (χ3v) is 3.94. The Morgan fingerprint density at radius 2 is 1.85 bits per heavy atom. The minimum Gasteiger partial charge on any atom is -0.508 e. The number of piperazine rings is 1. The van der Waals surface area contributed by atoms with Crippen molar-refractivity contribution in [2.45, 2.75) is 13.0 Å². The number of aromatic hydroxyl groups is 1. The predicted molar refractivity (Wildman–Crippen MR) is 77.1 cm³/mol. The first-order valence-corrected chi connectivity index (χ1v) is 7.07. The number of hydrogen-bond donors (Lipinski definition) is 2. The van der Waals surface area contributed by atoms with Crippen molar-refractivity contribution in [2.75, 3.05) is 32.7 Å². The molecule has 0 bridgehead atoms. The maximum absolute atomic E-state index is 10.5. The van der Waals surface area contributed by atoms with Gasteiger partial charge in [-0.2, -0.15) is 0 Å². The molecule has 0 saturated carbocycles. The summed E-state index contributed by atoms with van der Waals surface area (Å²) >= 11 is 6.10. The Labute approximate surface area is 123 Å². The molecule has 1 aromatic carbocycles. The second-order valence-electron chi connectivity index (χ2n) is 5.00. The van der Waals surface area contributed by atoms with Gasteiger partial charge in [-0.05, 0) is 12.1 Å². The van der Waals surface area contributed by atoms with E-state index in [1.807, 2.05) is 0 Å². The monoisotopic (exact) mass is 298 g/mol. The third-order valence-electron chi connectivity index (χ3n) is 3.58. The molecular formula is C14H19ClN2O3. The topological polar surface area (TPSA) is 64.0 Å². The molecule has 0 aliphatic carbocycles. The molecule has 5 nitrogen and oxygen atoms in total. The standard InChI is InChI=1S/C14H19ClN2O3/c15-12-2-1-3-13(18)11(12)10-17-8-6-16(7-9-17)5-4-14(19)20/h1-3,18H,4-10H2,(H,19,20). The molecule has 1 aliphatic rings. The summed E-state index contributed by atoms with van der Waals surface area (Å²) in [6.45, 7) is 4.62. The zero-order chi connectivity index (χ0) is 14.5. The van der Waals surface area contributed by atoms with Gasteiger partial charge in [0.2, 0.25) is 0 Å². The summed E-state index contributed by atoms with van der Waals surface area (Å²) in [5.74, 6) is -0.528. The van der Waals surface area contributed by atoms with Gasteiger partial charge in [0.15, 0.2) is 0 Å². The molecule has 2 rings (SSSR count). The van der Waals surface area contributed by atoms with Gasteiger partial charge in [-0.1, -0.05) is 17.7 Å². The van der Waals surface area contributed by atoms with Gasteiger partial charge in [0, 0.05) is 49.9 Å². The Hall–Kier alpha value is -1.30. The fraction of sp³-hybridized carbons (Fsp3) is 0.500. The normalized spacial score (nSPS) is 17.2. The second-order valence-corrected chi connectivity index (χ2v) is 5.41. The SMILES string of the molecule is O=C(O)CCN1CCN(Cc2c(O)cccc2Cl)CC1. The highest BCUT2D eigenvalue weighted by molar-refractivity contribution is 6.31. The van der Waals surface area contributed by atoms with Crippen LogP contribution in [0.2, 0.25) is 5.02 Å². The van der Waals surface area contributed by atoms with E-state index in [2.05, 4.69) is 9.80 Å². The lowest BCUT2D eigenvalue weighted by Gasteiger charge is -2.34. The molecule has 2 N–H and O–H groups in total. The summed E-state index contributed by atoms with van der Waals surface area (Å²) in [6.07, 6.45) is 0.186. The molecule has 6 heteroatoms. The molecule has 20 heavy (non-hydrogen) atoms. The number of benzene rings is 1. The largest absolute Gasteiger partial charge is 0.508 e. The average Bonchev–Trinajstić information content (AvgIpc) is 2.42.